The van der Waals surface area contributed by atoms with Crippen LogP contribution in [0.5, 0.6) is 0 Å². The van der Waals surface area contributed by atoms with E-state index in [1.165, 1.54) is 4.90 Å². The van der Waals surface area contributed by atoms with E-state index in [9.17, 15) is 9.59 Å². The summed E-state index contributed by atoms with van der Waals surface area (Å²) in [5, 5.41) is 8.95. The van der Waals surface area contributed by atoms with E-state index >= 15 is 0 Å². The summed E-state index contributed by atoms with van der Waals surface area (Å²) in [6.07, 6.45) is -1.20. The Bertz CT molecular complexity index is 524. The van der Waals surface area contributed by atoms with Gasteiger partial charge in [-0.05, 0) is 5.56 Å². The number of amides is 1. The van der Waals surface area contributed by atoms with Crippen molar-refractivity contribution in [2.45, 2.75) is 12.7 Å². The Kier molecular flexibility index (Phi) is 3.10. The highest BCUT2D eigenvalue weighted by Gasteiger charge is 2.61. The molecule has 1 N–H and O–H groups in total. The largest absolute Gasteiger partial charge is 0.479 e. The summed E-state index contributed by atoms with van der Waals surface area (Å²) < 4.78 is 10.2. The number of aliphatic carboxylic acids is 1. The molecule has 6 nitrogen and oxygen atoms in total. The molecule has 1 atom stereocenters. The topological polar surface area (TPSA) is 76.1 Å². The molecule has 6 heteroatoms. The molecule has 2 heterocycles. The van der Waals surface area contributed by atoms with Crippen LogP contribution in [0, 0.1) is 5.41 Å². The maximum absolute atomic E-state index is 11.8. The lowest BCUT2D eigenvalue weighted by atomic mass is 9.71. The lowest BCUT2D eigenvalue weighted by Gasteiger charge is -2.57. The molecule has 1 unspecified atom stereocenters. The van der Waals surface area contributed by atoms with E-state index in [1.54, 1.807) is 0 Å². The zero-order valence-corrected chi connectivity index (χ0v) is 10.8. The van der Waals surface area contributed by atoms with E-state index < -0.39 is 23.6 Å². The van der Waals surface area contributed by atoms with Crippen molar-refractivity contribution in [2.75, 3.05) is 19.7 Å². The minimum absolute atomic E-state index is 0.224. The van der Waals surface area contributed by atoms with Crippen molar-refractivity contribution in [2.24, 2.45) is 5.41 Å². The van der Waals surface area contributed by atoms with Crippen LogP contribution in [-0.2, 0) is 20.9 Å². The fraction of sp³-hybridized carbons (Fsp3) is 0.429. The van der Waals surface area contributed by atoms with Gasteiger partial charge in [-0.3, -0.25) is 0 Å². The van der Waals surface area contributed by atoms with Gasteiger partial charge in [-0.1, -0.05) is 30.3 Å². The molecule has 2 aliphatic rings. The van der Waals surface area contributed by atoms with Crippen LogP contribution < -0.4 is 0 Å². The number of benzene rings is 1. The molecule has 2 saturated heterocycles. The third-order valence-corrected chi connectivity index (χ3v) is 3.79. The number of carbonyl (C=O) groups is 2. The van der Waals surface area contributed by atoms with Gasteiger partial charge in [-0.2, -0.15) is 0 Å². The average molecular weight is 277 g/mol. The van der Waals surface area contributed by atoms with Crippen LogP contribution in [0.3, 0.4) is 0 Å². The van der Waals surface area contributed by atoms with E-state index in [0.717, 1.165) is 5.56 Å². The number of rotatable bonds is 3. The van der Waals surface area contributed by atoms with Gasteiger partial charge in [0.05, 0.1) is 12.0 Å². The highest BCUT2D eigenvalue weighted by Crippen LogP contribution is 2.43. The van der Waals surface area contributed by atoms with E-state index in [2.05, 4.69) is 0 Å². The standard InChI is InChI=1S/C14H15NO5/c16-12(17)11-14(9-20-11)7-15(8-14)13(18)19-6-10-4-2-1-3-5-10/h1-5,11H,6-9H2,(H,16,17). The Hall–Kier alpha value is -2.08. The molecule has 106 valence electrons. The van der Waals surface area contributed by atoms with Gasteiger partial charge in [0.1, 0.15) is 6.61 Å². The Labute approximate surface area is 115 Å². The number of nitrogens with zero attached hydrogens (tertiary/aromatic N) is 1. The van der Waals surface area contributed by atoms with E-state index in [1.807, 2.05) is 30.3 Å². The predicted octanol–water partition coefficient (Wildman–Crippen LogP) is 1.11. The van der Waals surface area contributed by atoms with Gasteiger partial charge in [0, 0.05) is 13.1 Å². The van der Waals surface area contributed by atoms with Crippen molar-refractivity contribution in [3.05, 3.63) is 35.9 Å². The summed E-state index contributed by atoms with van der Waals surface area (Å²) in [6, 6.07) is 9.42. The van der Waals surface area contributed by atoms with Crippen molar-refractivity contribution in [3.8, 4) is 0 Å². The third kappa shape index (κ3) is 2.12. The summed E-state index contributed by atoms with van der Waals surface area (Å²) in [5.41, 5.74) is 0.518. The van der Waals surface area contributed by atoms with Crippen LogP contribution in [0.15, 0.2) is 30.3 Å². The number of carbonyl (C=O) groups excluding carboxylic acids is 1. The molecule has 1 aromatic carbocycles. The van der Waals surface area contributed by atoms with Gasteiger partial charge in [0.25, 0.3) is 0 Å². The fourth-order valence-corrected chi connectivity index (χ4v) is 2.65. The molecule has 3 rings (SSSR count). The SMILES string of the molecule is O=C(O)C1OCC12CN(C(=O)OCc1ccccc1)C2. The molecule has 0 bridgehead atoms. The predicted molar refractivity (Wildman–Crippen MR) is 68.0 cm³/mol. The van der Waals surface area contributed by atoms with Crippen molar-refractivity contribution in [1.29, 1.82) is 0 Å². The van der Waals surface area contributed by atoms with Crippen LogP contribution in [0.2, 0.25) is 0 Å². The Balaban J connectivity index is 1.48. The average Bonchev–Trinajstić information content (AvgIpc) is 2.34. The molecular weight excluding hydrogens is 262 g/mol. The zero-order chi connectivity index (χ0) is 14.2. The zero-order valence-electron chi connectivity index (χ0n) is 10.8. The monoisotopic (exact) mass is 277 g/mol. The summed E-state index contributed by atoms with van der Waals surface area (Å²) in [7, 11) is 0. The molecule has 2 fully saturated rings. The summed E-state index contributed by atoms with van der Waals surface area (Å²) in [5.74, 6) is -0.964. The number of hydrogen-bond acceptors (Lipinski definition) is 4. The maximum atomic E-state index is 11.8. The lowest BCUT2D eigenvalue weighted by molar-refractivity contribution is -0.243. The first-order valence-electron chi connectivity index (χ1n) is 6.41. The highest BCUT2D eigenvalue weighted by molar-refractivity contribution is 5.76. The number of carboxylic acids is 1. The van der Waals surface area contributed by atoms with Crippen LogP contribution >= 0.6 is 0 Å². The van der Waals surface area contributed by atoms with Crippen molar-refractivity contribution in [3.63, 3.8) is 0 Å². The third-order valence-electron chi connectivity index (χ3n) is 3.79. The maximum Gasteiger partial charge on any atom is 0.410 e. The Morgan fingerprint density at radius 1 is 1.35 bits per heavy atom. The van der Waals surface area contributed by atoms with Crippen LogP contribution in [0.4, 0.5) is 4.79 Å². The van der Waals surface area contributed by atoms with Gasteiger partial charge in [0.2, 0.25) is 0 Å². The minimum atomic E-state index is -0.964. The van der Waals surface area contributed by atoms with Crippen LogP contribution in [0.25, 0.3) is 0 Å². The second-order valence-corrected chi connectivity index (χ2v) is 5.29. The molecule has 0 saturated carbocycles. The summed E-state index contributed by atoms with van der Waals surface area (Å²) in [6.45, 7) is 1.39. The first kappa shape index (κ1) is 12.9. The van der Waals surface area contributed by atoms with Gasteiger partial charge in [-0.15, -0.1) is 0 Å². The molecule has 0 radical (unpaired) electrons. The number of carboxylic acid groups (broad SMARTS) is 1. The molecule has 0 aliphatic carbocycles. The van der Waals surface area contributed by atoms with Crippen molar-refractivity contribution in [1.82, 2.24) is 4.90 Å². The lowest BCUT2D eigenvalue weighted by Crippen LogP contribution is -2.73. The van der Waals surface area contributed by atoms with E-state index in [-0.39, 0.29) is 6.61 Å². The Morgan fingerprint density at radius 3 is 2.60 bits per heavy atom. The number of likely N-dealkylation sites (tertiary alicyclic amines) is 1. The first-order valence-corrected chi connectivity index (χ1v) is 6.41. The van der Waals surface area contributed by atoms with Gasteiger partial charge >= 0.3 is 12.1 Å². The Morgan fingerprint density at radius 2 is 2.05 bits per heavy atom. The minimum Gasteiger partial charge on any atom is -0.479 e. The second-order valence-electron chi connectivity index (χ2n) is 5.29. The van der Waals surface area contributed by atoms with Crippen LogP contribution in [-0.4, -0.2) is 47.9 Å². The number of ether oxygens (including phenoxy) is 2. The normalized spacial score (nSPS) is 22.8. The van der Waals surface area contributed by atoms with Crippen molar-refractivity contribution < 1.29 is 24.2 Å². The molecular formula is C14H15NO5. The van der Waals surface area contributed by atoms with Gasteiger partial charge in [-0.25, -0.2) is 9.59 Å². The molecule has 1 spiro atoms. The molecule has 2 aliphatic heterocycles. The van der Waals surface area contributed by atoms with Gasteiger partial charge in [0.15, 0.2) is 6.10 Å². The summed E-state index contributed by atoms with van der Waals surface area (Å²) >= 11 is 0. The van der Waals surface area contributed by atoms with Crippen molar-refractivity contribution >= 4 is 12.1 Å². The van der Waals surface area contributed by atoms with E-state index in [4.69, 9.17) is 14.6 Å². The first-order chi connectivity index (χ1) is 9.61. The van der Waals surface area contributed by atoms with Gasteiger partial charge < -0.3 is 19.5 Å². The molecule has 0 aromatic heterocycles. The highest BCUT2D eigenvalue weighted by atomic mass is 16.6. The molecule has 1 amide bonds. The summed E-state index contributed by atoms with van der Waals surface area (Å²) in [4.78, 5) is 24.3. The molecule has 20 heavy (non-hydrogen) atoms. The number of hydrogen-bond donors (Lipinski definition) is 1. The van der Waals surface area contributed by atoms with Crippen LogP contribution in [0.1, 0.15) is 5.56 Å². The quantitative estimate of drug-likeness (QED) is 0.895. The fourth-order valence-electron chi connectivity index (χ4n) is 2.65. The second kappa shape index (κ2) is 4.79. The van der Waals surface area contributed by atoms with E-state index in [0.29, 0.717) is 19.7 Å². The smallest absolute Gasteiger partial charge is 0.410 e. The molecule has 1 aromatic rings.